The maximum Gasteiger partial charge on any atom is 0.265 e. The summed E-state index contributed by atoms with van der Waals surface area (Å²) in [4.78, 5) is 27.7. The van der Waals surface area contributed by atoms with E-state index in [-0.39, 0.29) is 5.78 Å². The zero-order valence-corrected chi connectivity index (χ0v) is 15.6. The third-order valence-corrected chi connectivity index (χ3v) is 5.32. The number of anilines is 1. The standard InChI is InChI=1S/C24H21NO3/c1-17(26)22(19-12-6-3-7-13-19)24(28)20-14-8-9-15-21(20)25(23(24)27)16-18-10-4-2-5-11-18/h2-15,22,28H,16H2,1H3/t22-,24+/m1/s1. The van der Waals surface area contributed by atoms with Gasteiger partial charge in [0.15, 0.2) is 5.60 Å². The lowest BCUT2D eigenvalue weighted by atomic mass is 9.76. The first-order chi connectivity index (χ1) is 13.5. The number of Topliss-reactive ketones (excluding diaryl/α,β-unsaturated/α-hetero) is 1. The van der Waals surface area contributed by atoms with Crippen molar-refractivity contribution in [3.63, 3.8) is 0 Å². The number of hydrogen-bond donors (Lipinski definition) is 1. The Kier molecular flexibility index (Phi) is 4.57. The molecule has 140 valence electrons. The fraction of sp³-hybridized carbons (Fsp3) is 0.167. The van der Waals surface area contributed by atoms with Crippen LogP contribution in [0.4, 0.5) is 5.69 Å². The number of ketones is 1. The number of para-hydroxylation sites is 1. The number of carbonyl (C=O) groups is 2. The number of carbonyl (C=O) groups excluding carboxylic acids is 2. The summed E-state index contributed by atoms with van der Waals surface area (Å²) in [7, 11) is 0. The topological polar surface area (TPSA) is 57.6 Å². The van der Waals surface area contributed by atoms with E-state index in [1.54, 1.807) is 29.2 Å². The van der Waals surface area contributed by atoms with Crippen LogP contribution in [0.15, 0.2) is 84.9 Å². The highest BCUT2D eigenvalue weighted by molar-refractivity contribution is 6.10. The molecule has 4 rings (SSSR count). The Morgan fingerprint density at radius 2 is 1.50 bits per heavy atom. The molecule has 0 saturated carbocycles. The van der Waals surface area contributed by atoms with Crippen LogP contribution in [-0.2, 0) is 21.7 Å². The molecule has 0 fully saturated rings. The number of hydrogen-bond acceptors (Lipinski definition) is 3. The molecule has 0 bridgehead atoms. The minimum Gasteiger partial charge on any atom is -0.374 e. The molecule has 1 aliphatic rings. The Labute approximate surface area is 164 Å². The Morgan fingerprint density at radius 1 is 0.929 bits per heavy atom. The molecule has 28 heavy (non-hydrogen) atoms. The number of rotatable bonds is 5. The molecule has 4 nitrogen and oxygen atoms in total. The van der Waals surface area contributed by atoms with Crippen molar-refractivity contribution >= 4 is 17.4 Å². The summed E-state index contributed by atoms with van der Waals surface area (Å²) < 4.78 is 0. The SMILES string of the molecule is CC(=O)[C@H](c1ccccc1)[C@]1(O)C(=O)N(Cc2ccccc2)c2ccccc21. The molecule has 0 aromatic heterocycles. The summed E-state index contributed by atoms with van der Waals surface area (Å²) >= 11 is 0. The maximum absolute atomic E-state index is 13.5. The zero-order valence-electron chi connectivity index (χ0n) is 15.6. The second-order valence-corrected chi connectivity index (χ2v) is 7.11. The summed E-state index contributed by atoms with van der Waals surface area (Å²) in [6.45, 7) is 1.75. The lowest BCUT2D eigenvalue weighted by molar-refractivity contribution is -0.144. The van der Waals surface area contributed by atoms with Crippen molar-refractivity contribution in [2.45, 2.75) is 25.0 Å². The van der Waals surface area contributed by atoms with E-state index < -0.39 is 17.4 Å². The summed E-state index contributed by atoms with van der Waals surface area (Å²) in [5.41, 5.74) is 0.760. The van der Waals surface area contributed by atoms with Crippen molar-refractivity contribution < 1.29 is 14.7 Å². The molecule has 1 N–H and O–H groups in total. The highest BCUT2D eigenvalue weighted by Gasteiger charge is 2.56. The highest BCUT2D eigenvalue weighted by Crippen LogP contribution is 2.48. The molecule has 0 aliphatic carbocycles. The molecule has 0 saturated heterocycles. The molecule has 4 heteroatoms. The van der Waals surface area contributed by atoms with Crippen molar-refractivity contribution in [2.24, 2.45) is 0 Å². The van der Waals surface area contributed by atoms with E-state index in [1.165, 1.54) is 6.92 Å². The zero-order chi connectivity index (χ0) is 19.7. The molecule has 2 atom stereocenters. The van der Waals surface area contributed by atoms with E-state index >= 15 is 0 Å². The van der Waals surface area contributed by atoms with E-state index in [0.717, 1.165) is 5.56 Å². The van der Waals surface area contributed by atoms with Gasteiger partial charge in [-0.2, -0.15) is 0 Å². The van der Waals surface area contributed by atoms with E-state index in [2.05, 4.69) is 0 Å². The van der Waals surface area contributed by atoms with Gasteiger partial charge in [-0.05, 0) is 24.1 Å². The third kappa shape index (κ3) is 2.83. The van der Waals surface area contributed by atoms with Crippen molar-refractivity contribution in [1.29, 1.82) is 0 Å². The van der Waals surface area contributed by atoms with Gasteiger partial charge < -0.3 is 10.0 Å². The Morgan fingerprint density at radius 3 is 2.14 bits per heavy atom. The molecule has 0 spiro atoms. The van der Waals surface area contributed by atoms with Gasteiger partial charge >= 0.3 is 0 Å². The molecule has 1 heterocycles. The molecule has 3 aromatic rings. The summed E-state index contributed by atoms with van der Waals surface area (Å²) in [5, 5.41) is 11.7. The lowest BCUT2D eigenvalue weighted by Gasteiger charge is -2.30. The van der Waals surface area contributed by atoms with Gasteiger partial charge in [0.25, 0.3) is 5.91 Å². The fourth-order valence-electron chi connectivity index (χ4n) is 4.08. The van der Waals surface area contributed by atoms with Crippen LogP contribution in [0.25, 0.3) is 0 Å². The van der Waals surface area contributed by atoms with Crippen molar-refractivity contribution in [2.75, 3.05) is 4.90 Å². The fourth-order valence-corrected chi connectivity index (χ4v) is 4.08. The van der Waals surface area contributed by atoms with Gasteiger partial charge in [-0.3, -0.25) is 9.59 Å². The van der Waals surface area contributed by atoms with Crippen molar-refractivity contribution in [1.82, 2.24) is 0 Å². The first kappa shape index (κ1) is 18.1. The molecule has 0 radical (unpaired) electrons. The normalized spacial score (nSPS) is 19.4. The lowest BCUT2D eigenvalue weighted by Crippen LogP contribution is -2.46. The molecule has 3 aromatic carbocycles. The quantitative estimate of drug-likeness (QED) is 0.742. The molecule has 0 unspecified atom stereocenters. The van der Waals surface area contributed by atoms with Crippen LogP contribution < -0.4 is 4.90 Å². The van der Waals surface area contributed by atoms with Gasteiger partial charge in [-0.15, -0.1) is 0 Å². The third-order valence-electron chi connectivity index (χ3n) is 5.32. The minimum atomic E-state index is -1.93. The summed E-state index contributed by atoms with van der Waals surface area (Å²) in [6, 6.07) is 25.8. The van der Waals surface area contributed by atoms with Gasteiger partial charge in [-0.1, -0.05) is 78.9 Å². The number of aliphatic hydroxyl groups is 1. The van der Waals surface area contributed by atoms with Gasteiger partial charge in [0, 0.05) is 5.56 Å². The van der Waals surface area contributed by atoms with Gasteiger partial charge in [0.05, 0.1) is 18.2 Å². The Balaban J connectivity index is 1.85. The largest absolute Gasteiger partial charge is 0.374 e. The first-order valence-corrected chi connectivity index (χ1v) is 9.26. The van der Waals surface area contributed by atoms with E-state index in [9.17, 15) is 14.7 Å². The predicted molar refractivity (Wildman–Crippen MR) is 108 cm³/mol. The van der Waals surface area contributed by atoms with Crippen LogP contribution in [0.2, 0.25) is 0 Å². The minimum absolute atomic E-state index is 0.251. The van der Waals surface area contributed by atoms with Crippen LogP contribution in [-0.4, -0.2) is 16.8 Å². The highest BCUT2D eigenvalue weighted by atomic mass is 16.3. The van der Waals surface area contributed by atoms with E-state index in [4.69, 9.17) is 0 Å². The second kappa shape index (κ2) is 7.06. The predicted octanol–water partition coefficient (Wildman–Crippen LogP) is 3.79. The van der Waals surface area contributed by atoms with Crippen LogP contribution in [0.3, 0.4) is 0 Å². The molecule has 1 amide bonds. The van der Waals surface area contributed by atoms with Crippen molar-refractivity contribution in [3.8, 4) is 0 Å². The molecular formula is C24H21NO3. The maximum atomic E-state index is 13.5. The molecular weight excluding hydrogens is 350 g/mol. The van der Waals surface area contributed by atoms with E-state index in [0.29, 0.717) is 23.4 Å². The number of nitrogens with zero attached hydrogens (tertiary/aromatic N) is 1. The van der Waals surface area contributed by atoms with Gasteiger partial charge in [0.2, 0.25) is 0 Å². The molecule has 1 aliphatic heterocycles. The Bertz CT molecular complexity index is 1020. The summed E-state index contributed by atoms with van der Waals surface area (Å²) in [5.74, 6) is -1.69. The number of fused-ring (bicyclic) bond motifs is 1. The average molecular weight is 371 g/mol. The van der Waals surface area contributed by atoms with Gasteiger partial charge in [-0.25, -0.2) is 0 Å². The van der Waals surface area contributed by atoms with Crippen LogP contribution in [0.5, 0.6) is 0 Å². The smallest absolute Gasteiger partial charge is 0.265 e. The number of benzene rings is 3. The van der Waals surface area contributed by atoms with Crippen LogP contribution in [0, 0.1) is 0 Å². The van der Waals surface area contributed by atoms with Gasteiger partial charge in [0.1, 0.15) is 5.78 Å². The van der Waals surface area contributed by atoms with Crippen LogP contribution >= 0.6 is 0 Å². The summed E-state index contributed by atoms with van der Waals surface area (Å²) in [6.07, 6.45) is 0. The number of amides is 1. The first-order valence-electron chi connectivity index (χ1n) is 9.26. The Hall–Kier alpha value is -3.24. The average Bonchev–Trinajstić information content (AvgIpc) is 2.92. The van der Waals surface area contributed by atoms with E-state index in [1.807, 2.05) is 60.7 Å². The monoisotopic (exact) mass is 371 g/mol. The second-order valence-electron chi connectivity index (χ2n) is 7.11. The van der Waals surface area contributed by atoms with Crippen LogP contribution in [0.1, 0.15) is 29.5 Å². The van der Waals surface area contributed by atoms with Crippen molar-refractivity contribution in [3.05, 3.63) is 102 Å².